The number of unbranched alkanes of at least 4 members (excludes halogenated alkanes) is 20. The Labute approximate surface area is 408 Å². The van der Waals surface area contributed by atoms with Crippen molar-refractivity contribution in [2.75, 3.05) is 19.8 Å². The normalized spacial score (nSPS) is 13.1. The van der Waals surface area contributed by atoms with E-state index in [0.717, 1.165) is 122 Å². The Balaban J connectivity index is 4.39. The molecule has 5 nitrogen and oxygen atoms in total. The van der Waals surface area contributed by atoms with Crippen LogP contribution in [0.4, 0.5) is 0 Å². The third-order valence-electron chi connectivity index (χ3n) is 11.3. The second-order valence-corrected chi connectivity index (χ2v) is 17.7. The number of carbonyl (C=O) groups is 2. The molecule has 0 fully saturated rings. The molecule has 0 aliphatic carbocycles. The molecule has 1 atom stereocenters. The van der Waals surface area contributed by atoms with Crippen molar-refractivity contribution in [1.29, 1.82) is 0 Å². The second-order valence-electron chi connectivity index (χ2n) is 17.7. The molecule has 66 heavy (non-hydrogen) atoms. The van der Waals surface area contributed by atoms with Crippen LogP contribution in [0.1, 0.15) is 239 Å². The van der Waals surface area contributed by atoms with Gasteiger partial charge in [-0.1, -0.05) is 207 Å². The maximum Gasteiger partial charge on any atom is 0.306 e. The average molecular weight is 915 g/mol. The zero-order chi connectivity index (χ0) is 47.7. The third-order valence-corrected chi connectivity index (χ3v) is 11.3. The first-order valence-electron chi connectivity index (χ1n) is 27.4. The van der Waals surface area contributed by atoms with Gasteiger partial charge in [0.2, 0.25) is 0 Å². The lowest BCUT2D eigenvalue weighted by Crippen LogP contribution is -2.30. The van der Waals surface area contributed by atoms with Crippen molar-refractivity contribution < 1.29 is 23.8 Å². The van der Waals surface area contributed by atoms with Crippen LogP contribution in [0.3, 0.4) is 0 Å². The Morgan fingerprint density at radius 1 is 0.348 bits per heavy atom. The minimum atomic E-state index is -0.570. The average Bonchev–Trinajstić information content (AvgIpc) is 3.32. The van der Waals surface area contributed by atoms with Crippen LogP contribution in [0.5, 0.6) is 0 Å². The summed E-state index contributed by atoms with van der Waals surface area (Å²) in [4.78, 5) is 25.5. The molecule has 0 aliphatic heterocycles. The Hall–Kier alpha value is -3.44. The van der Waals surface area contributed by atoms with E-state index >= 15 is 0 Å². The van der Waals surface area contributed by atoms with E-state index in [2.05, 4.69) is 130 Å². The van der Waals surface area contributed by atoms with Crippen molar-refractivity contribution >= 4 is 11.9 Å². The summed E-state index contributed by atoms with van der Waals surface area (Å²) in [5.74, 6) is -0.447. The first-order valence-corrected chi connectivity index (χ1v) is 27.4. The van der Waals surface area contributed by atoms with E-state index in [0.29, 0.717) is 19.4 Å². The maximum atomic E-state index is 12.8. The van der Waals surface area contributed by atoms with Crippen LogP contribution >= 0.6 is 0 Å². The predicted molar refractivity (Wildman–Crippen MR) is 288 cm³/mol. The molecule has 0 amide bonds. The second kappa shape index (κ2) is 55.9. The number of esters is 2. The predicted octanol–water partition coefficient (Wildman–Crippen LogP) is 18.8. The Kier molecular flexibility index (Phi) is 53.0. The van der Waals surface area contributed by atoms with E-state index in [1.165, 1.54) is 83.5 Å². The van der Waals surface area contributed by atoms with E-state index in [1.54, 1.807) is 0 Å². The lowest BCUT2D eigenvalue weighted by molar-refractivity contribution is -0.163. The standard InChI is InChI=1S/C61H102O5/c1-4-7-10-13-16-19-22-25-28-29-30-31-32-35-38-41-44-47-50-53-56-64-57-59(66-61(63)55-52-49-46-43-40-37-34-27-24-21-18-15-12-9-6-3)58-65-60(62)54-51-48-45-42-39-36-33-26-23-20-17-14-11-8-5-2/h7,10,16-21,25-28,30-31,33-35,38,59H,4-6,8-9,11-15,22-24,29,32,36-37,39-58H2,1-3H3/b10-7-,19-16-,20-17-,21-18-,28-25-,31-30-,33-26-,34-27-,38-35-. The monoisotopic (exact) mass is 915 g/mol. The smallest absolute Gasteiger partial charge is 0.306 e. The fourth-order valence-corrected chi connectivity index (χ4v) is 7.18. The summed E-state index contributed by atoms with van der Waals surface area (Å²) >= 11 is 0. The van der Waals surface area contributed by atoms with Gasteiger partial charge in [-0.05, 0) is 128 Å². The van der Waals surface area contributed by atoms with E-state index in [9.17, 15) is 9.59 Å². The fraction of sp³-hybridized carbons (Fsp3) is 0.672. The molecule has 0 aromatic carbocycles. The first-order chi connectivity index (χ1) is 32.6. The summed E-state index contributed by atoms with van der Waals surface area (Å²) in [7, 11) is 0. The number of rotatable bonds is 49. The van der Waals surface area contributed by atoms with Crippen LogP contribution in [0, 0.1) is 0 Å². The Bertz CT molecular complexity index is 1310. The van der Waals surface area contributed by atoms with Crippen LogP contribution in [0.2, 0.25) is 0 Å². The van der Waals surface area contributed by atoms with E-state index in [1.807, 2.05) is 0 Å². The molecule has 0 saturated carbocycles. The highest BCUT2D eigenvalue weighted by Gasteiger charge is 2.17. The maximum absolute atomic E-state index is 12.8. The van der Waals surface area contributed by atoms with Crippen molar-refractivity contribution in [2.45, 2.75) is 245 Å². The highest BCUT2D eigenvalue weighted by molar-refractivity contribution is 5.70. The number of carbonyl (C=O) groups excluding carboxylic acids is 2. The summed E-state index contributed by atoms with van der Waals surface area (Å²) in [6.07, 6.45) is 76.7. The molecular weight excluding hydrogens is 813 g/mol. The van der Waals surface area contributed by atoms with Crippen LogP contribution < -0.4 is 0 Å². The summed E-state index contributed by atoms with van der Waals surface area (Å²) in [5, 5.41) is 0. The lowest BCUT2D eigenvalue weighted by atomic mass is 10.1. The van der Waals surface area contributed by atoms with E-state index in [-0.39, 0.29) is 25.2 Å². The molecule has 0 radical (unpaired) electrons. The molecule has 5 heteroatoms. The van der Waals surface area contributed by atoms with Gasteiger partial charge >= 0.3 is 11.9 Å². The molecule has 0 aliphatic rings. The number of hydrogen-bond donors (Lipinski definition) is 0. The lowest BCUT2D eigenvalue weighted by Gasteiger charge is -2.18. The Morgan fingerprint density at radius 3 is 1.09 bits per heavy atom. The van der Waals surface area contributed by atoms with Crippen LogP contribution in [0.15, 0.2) is 109 Å². The van der Waals surface area contributed by atoms with Gasteiger partial charge in [0.25, 0.3) is 0 Å². The minimum Gasteiger partial charge on any atom is -0.462 e. The SMILES string of the molecule is CC/C=C\C/C=C\C/C=C\C/C=C\C/C=C\CCCCCCOCC(COC(=O)CCCCCCC/C=C\C/C=C\CCCCC)OC(=O)CCCCCCC/C=C\C/C=C\CCCCC. The van der Waals surface area contributed by atoms with Crippen molar-refractivity contribution in [3.8, 4) is 0 Å². The summed E-state index contributed by atoms with van der Waals surface area (Å²) in [6.45, 7) is 7.57. The molecule has 376 valence electrons. The number of hydrogen-bond acceptors (Lipinski definition) is 5. The molecule has 0 rings (SSSR count). The van der Waals surface area contributed by atoms with Gasteiger partial charge in [0.1, 0.15) is 6.61 Å². The van der Waals surface area contributed by atoms with Crippen LogP contribution in [-0.4, -0.2) is 37.9 Å². The summed E-state index contributed by atoms with van der Waals surface area (Å²) < 4.78 is 17.4. The molecule has 0 heterocycles. The van der Waals surface area contributed by atoms with Crippen molar-refractivity contribution in [1.82, 2.24) is 0 Å². The van der Waals surface area contributed by atoms with Crippen LogP contribution in [0.25, 0.3) is 0 Å². The molecule has 1 unspecified atom stereocenters. The molecule has 0 N–H and O–H groups in total. The van der Waals surface area contributed by atoms with Gasteiger partial charge < -0.3 is 14.2 Å². The largest absolute Gasteiger partial charge is 0.462 e. The van der Waals surface area contributed by atoms with E-state index in [4.69, 9.17) is 14.2 Å². The minimum absolute atomic E-state index is 0.0558. The van der Waals surface area contributed by atoms with Crippen molar-refractivity contribution in [3.05, 3.63) is 109 Å². The van der Waals surface area contributed by atoms with Crippen molar-refractivity contribution in [2.24, 2.45) is 0 Å². The zero-order valence-corrected chi connectivity index (χ0v) is 43.2. The van der Waals surface area contributed by atoms with Gasteiger partial charge in [-0.25, -0.2) is 0 Å². The molecule has 0 saturated heterocycles. The number of ether oxygens (including phenoxy) is 3. The number of allylic oxidation sites excluding steroid dienone is 18. The molecule has 0 aromatic heterocycles. The Morgan fingerprint density at radius 2 is 0.682 bits per heavy atom. The molecule has 0 aromatic rings. The highest BCUT2D eigenvalue weighted by Crippen LogP contribution is 2.13. The topological polar surface area (TPSA) is 61.8 Å². The highest BCUT2D eigenvalue weighted by atomic mass is 16.6. The van der Waals surface area contributed by atoms with Crippen molar-refractivity contribution in [3.63, 3.8) is 0 Å². The van der Waals surface area contributed by atoms with Crippen LogP contribution in [-0.2, 0) is 23.8 Å². The zero-order valence-electron chi connectivity index (χ0n) is 43.2. The third kappa shape index (κ3) is 53.2. The first kappa shape index (κ1) is 62.6. The van der Waals surface area contributed by atoms with Gasteiger partial charge in [0.05, 0.1) is 6.61 Å². The van der Waals surface area contributed by atoms with Gasteiger partial charge in [-0.3, -0.25) is 9.59 Å². The van der Waals surface area contributed by atoms with Gasteiger partial charge in [-0.2, -0.15) is 0 Å². The van der Waals surface area contributed by atoms with Gasteiger partial charge in [0, 0.05) is 19.4 Å². The fourth-order valence-electron chi connectivity index (χ4n) is 7.18. The summed E-state index contributed by atoms with van der Waals surface area (Å²) in [5.41, 5.74) is 0. The molecule has 0 spiro atoms. The van der Waals surface area contributed by atoms with Gasteiger partial charge in [0.15, 0.2) is 6.10 Å². The van der Waals surface area contributed by atoms with Gasteiger partial charge in [-0.15, -0.1) is 0 Å². The molecule has 0 bridgehead atoms. The quantitative estimate of drug-likeness (QED) is 0.0346. The summed E-state index contributed by atoms with van der Waals surface area (Å²) in [6, 6.07) is 0. The van der Waals surface area contributed by atoms with E-state index < -0.39 is 6.10 Å². The molecular formula is C61H102O5.